The van der Waals surface area contributed by atoms with Crippen molar-refractivity contribution in [3.63, 3.8) is 0 Å². The molecule has 2 unspecified atom stereocenters. The summed E-state index contributed by atoms with van der Waals surface area (Å²) in [4.78, 5) is 12.9. The molecule has 0 spiro atoms. The van der Waals surface area contributed by atoms with Crippen LogP contribution in [0.15, 0.2) is 53.4 Å². The lowest BCUT2D eigenvalue weighted by atomic mass is 10.1. The molecule has 0 saturated carbocycles. The molecule has 0 bridgehead atoms. The zero-order valence-corrected chi connectivity index (χ0v) is 12.1. The molecule has 2 aromatic carbocycles. The number of carbonyl (C=O) groups excluding carboxylic acids is 1. The minimum atomic E-state index is -1.42. The first-order chi connectivity index (χ1) is 9.49. The number of rotatable bonds is 4. The first-order valence-electron chi connectivity index (χ1n) is 6.26. The summed E-state index contributed by atoms with van der Waals surface area (Å²) in [7, 11) is -1.42. The fraction of sp³-hybridized carbons (Fsp3) is 0.188. The molecule has 2 rings (SSSR count). The van der Waals surface area contributed by atoms with Crippen LogP contribution in [0.3, 0.4) is 0 Å². The SMILES string of the molecule is Cc1cccc(S(=O)C(C)C(=O)c2ccc(F)cc2)c1. The monoisotopic (exact) mass is 290 g/mol. The number of aryl methyl sites for hydroxylation is 1. The van der Waals surface area contributed by atoms with E-state index in [4.69, 9.17) is 0 Å². The molecule has 0 fully saturated rings. The van der Waals surface area contributed by atoms with E-state index in [0.29, 0.717) is 10.5 Å². The van der Waals surface area contributed by atoms with Gasteiger partial charge in [0.15, 0.2) is 5.78 Å². The van der Waals surface area contributed by atoms with Gasteiger partial charge in [-0.05, 0) is 55.8 Å². The van der Waals surface area contributed by atoms with Crippen LogP contribution >= 0.6 is 0 Å². The molecule has 0 aliphatic carbocycles. The molecule has 4 heteroatoms. The number of carbonyl (C=O) groups is 1. The highest BCUT2D eigenvalue weighted by atomic mass is 32.2. The van der Waals surface area contributed by atoms with Crippen LogP contribution in [-0.4, -0.2) is 15.2 Å². The zero-order valence-electron chi connectivity index (χ0n) is 11.3. The number of halogens is 1. The molecule has 0 amide bonds. The molecule has 2 atom stereocenters. The van der Waals surface area contributed by atoms with Crippen LogP contribution in [0.4, 0.5) is 4.39 Å². The second-order valence-corrected chi connectivity index (χ2v) is 6.40. The predicted octanol–water partition coefficient (Wildman–Crippen LogP) is 3.51. The Labute approximate surface area is 120 Å². The minimum absolute atomic E-state index is 0.246. The molecular formula is C16H15FO2S. The Morgan fingerprint density at radius 1 is 1.15 bits per heavy atom. The Balaban J connectivity index is 2.22. The van der Waals surface area contributed by atoms with Gasteiger partial charge in [-0.3, -0.25) is 9.00 Å². The van der Waals surface area contributed by atoms with Crippen LogP contribution in [-0.2, 0) is 10.8 Å². The van der Waals surface area contributed by atoms with Gasteiger partial charge in [-0.15, -0.1) is 0 Å². The van der Waals surface area contributed by atoms with Gasteiger partial charge < -0.3 is 0 Å². The highest BCUT2D eigenvalue weighted by Crippen LogP contribution is 2.17. The van der Waals surface area contributed by atoms with E-state index in [1.165, 1.54) is 24.3 Å². The third-order valence-electron chi connectivity index (χ3n) is 3.04. The first-order valence-corrected chi connectivity index (χ1v) is 7.47. The van der Waals surface area contributed by atoms with Crippen LogP contribution in [0, 0.1) is 12.7 Å². The Hall–Kier alpha value is -1.81. The second kappa shape index (κ2) is 6.09. The summed E-state index contributed by atoms with van der Waals surface area (Å²) < 4.78 is 25.2. The van der Waals surface area contributed by atoms with E-state index < -0.39 is 21.9 Å². The van der Waals surface area contributed by atoms with Crippen molar-refractivity contribution < 1.29 is 13.4 Å². The van der Waals surface area contributed by atoms with Crippen LogP contribution < -0.4 is 0 Å². The Bertz CT molecular complexity index is 650. The number of hydrogen-bond acceptors (Lipinski definition) is 2. The third kappa shape index (κ3) is 3.20. The molecule has 2 nitrogen and oxygen atoms in total. The maximum Gasteiger partial charge on any atom is 0.178 e. The van der Waals surface area contributed by atoms with E-state index in [2.05, 4.69) is 0 Å². The van der Waals surface area contributed by atoms with Crippen LogP contribution in [0.1, 0.15) is 22.8 Å². The van der Waals surface area contributed by atoms with Crippen molar-refractivity contribution in [3.8, 4) is 0 Å². The molecule has 0 aliphatic rings. The van der Waals surface area contributed by atoms with Crippen LogP contribution in [0.5, 0.6) is 0 Å². The number of Topliss-reactive ketones (excluding diaryl/α,β-unsaturated/α-hetero) is 1. The minimum Gasteiger partial charge on any atom is -0.293 e. The predicted molar refractivity (Wildman–Crippen MR) is 77.8 cm³/mol. The van der Waals surface area contributed by atoms with Gasteiger partial charge in [-0.25, -0.2) is 4.39 Å². The zero-order chi connectivity index (χ0) is 14.7. The molecule has 2 aromatic rings. The summed E-state index contributed by atoms with van der Waals surface area (Å²) >= 11 is 0. The molecule has 0 saturated heterocycles. The van der Waals surface area contributed by atoms with Gasteiger partial charge in [0.05, 0.1) is 16.0 Å². The van der Waals surface area contributed by atoms with Gasteiger partial charge in [0.2, 0.25) is 0 Å². The lowest BCUT2D eigenvalue weighted by Gasteiger charge is -2.11. The molecule has 0 heterocycles. The Morgan fingerprint density at radius 3 is 2.40 bits per heavy atom. The van der Waals surface area contributed by atoms with Crippen LogP contribution in [0.2, 0.25) is 0 Å². The topological polar surface area (TPSA) is 34.1 Å². The largest absolute Gasteiger partial charge is 0.293 e. The van der Waals surface area contributed by atoms with E-state index in [9.17, 15) is 13.4 Å². The summed E-state index contributed by atoms with van der Waals surface area (Å²) in [5.74, 6) is -0.640. The molecule has 0 aromatic heterocycles. The van der Waals surface area contributed by atoms with E-state index >= 15 is 0 Å². The van der Waals surface area contributed by atoms with Gasteiger partial charge >= 0.3 is 0 Å². The van der Waals surface area contributed by atoms with Crippen molar-refractivity contribution in [2.24, 2.45) is 0 Å². The lowest BCUT2D eigenvalue weighted by molar-refractivity contribution is 0.0992. The fourth-order valence-electron chi connectivity index (χ4n) is 1.89. The van der Waals surface area contributed by atoms with Crippen molar-refractivity contribution in [1.29, 1.82) is 0 Å². The van der Waals surface area contributed by atoms with Crippen molar-refractivity contribution in [2.75, 3.05) is 0 Å². The summed E-state index contributed by atoms with van der Waals surface area (Å²) in [5.41, 5.74) is 1.37. The molecular weight excluding hydrogens is 275 g/mol. The summed E-state index contributed by atoms with van der Waals surface area (Å²) in [5, 5.41) is -0.665. The summed E-state index contributed by atoms with van der Waals surface area (Å²) in [6.45, 7) is 3.54. The average Bonchev–Trinajstić information content (AvgIpc) is 2.46. The van der Waals surface area contributed by atoms with E-state index in [0.717, 1.165) is 5.56 Å². The van der Waals surface area contributed by atoms with Crippen molar-refractivity contribution in [3.05, 3.63) is 65.5 Å². The molecule has 20 heavy (non-hydrogen) atoms. The molecule has 0 N–H and O–H groups in total. The Morgan fingerprint density at radius 2 is 1.80 bits per heavy atom. The number of hydrogen-bond donors (Lipinski definition) is 0. The van der Waals surface area contributed by atoms with E-state index in [1.807, 2.05) is 25.1 Å². The number of ketones is 1. The van der Waals surface area contributed by atoms with Gasteiger partial charge in [0.1, 0.15) is 5.82 Å². The maximum absolute atomic E-state index is 12.8. The van der Waals surface area contributed by atoms with Crippen molar-refractivity contribution >= 4 is 16.6 Å². The highest BCUT2D eigenvalue weighted by molar-refractivity contribution is 7.86. The van der Waals surface area contributed by atoms with Crippen molar-refractivity contribution in [2.45, 2.75) is 24.0 Å². The van der Waals surface area contributed by atoms with Crippen molar-refractivity contribution in [1.82, 2.24) is 0 Å². The van der Waals surface area contributed by atoms with E-state index in [1.54, 1.807) is 13.0 Å². The van der Waals surface area contributed by atoms with Gasteiger partial charge in [0, 0.05) is 10.5 Å². The first kappa shape index (κ1) is 14.6. The normalized spacial score (nSPS) is 13.8. The van der Waals surface area contributed by atoms with Gasteiger partial charge in [-0.1, -0.05) is 12.1 Å². The fourth-order valence-corrected chi connectivity index (χ4v) is 3.14. The summed E-state index contributed by atoms with van der Waals surface area (Å²) in [6, 6.07) is 12.6. The quantitative estimate of drug-likeness (QED) is 0.807. The third-order valence-corrected chi connectivity index (χ3v) is 4.62. The maximum atomic E-state index is 12.8. The molecule has 0 radical (unpaired) electrons. The highest BCUT2D eigenvalue weighted by Gasteiger charge is 2.22. The average molecular weight is 290 g/mol. The standard InChI is InChI=1S/C16H15FO2S/c1-11-4-3-5-15(10-11)20(19)12(2)16(18)13-6-8-14(17)9-7-13/h3-10,12H,1-2H3. The second-order valence-electron chi connectivity index (χ2n) is 4.63. The van der Waals surface area contributed by atoms with Gasteiger partial charge in [-0.2, -0.15) is 0 Å². The Kier molecular flexibility index (Phi) is 4.45. The molecule has 0 aliphatic heterocycles. The number of benzene rings is 2. The summed E-state index contributed by atoms with van der Waals surface area (Å²) in [6.07, 6.45) is 0. The van der Waals surface area contributed by atoms with Gasteiger partial charge in [0.25, 0.3) is 0 Å². The lowest BCUT2D eigenvalue weighted by Crippen LogP contribution is -2.22. The smallest absolute Gasteiger partial charge is 0.178 e. The molecule has 104 valence electrons. The van der Waals surface area contributed by atoms with E-state index in [-0.39, 0.29) is 5.78 Å². The van der Waals surface area contributed by atoms with Crippen LogP contribution in [0.25, 0.3) is 0 Å².